The molecular formula is C26H47ClN2O. The minimum Gasteiger partial charge on any atom is -0.343 e. The average Bonchev–Trinajstić information content (AvgIpc) is 2.77. The Morgan fingerprint density at radius 2 is 1.67 bits per heavy atom. The molecular weight excluding hydrogens is 392 g/mol. The van der Waals surface area contributed by atoms with Crippen molar-refractivity contribution in [3.63, 3.8) is 0 Å². The monoisotopic (exact) mass is 438 g/mol. The van der Waals surface area contributed by atoms with Crippen molar-refractivity contribution in [1.82, 2.24) is 4.90 Å². The Bertz CT molecular complexity index is 515. The van der Waals surface area contributed by atoms with Crippen molar-refractivity contribution in [2.45, 2.75) is 86.0 Å². The maximum Gasteiger partial charge on any atom is 0.219 e. The zero-order chi connectivity index (χ0) is 22.8. The molecule has 2 rings (SSSR count). The molecule has 0 bridgehead atoms. The minimum atomic E-state index is 0.209. The maximum atomic E-state index is 11.0. The van der Waals surface area contributed by atoms with Crippen LogP contribution >= 0.6 is 11.6 Å². The molecule has 1 aromatic carbocycles. The van der Waals surface area contributed by atoms with Gasteiger partial charge in [-0.15, -0.1) is 0 Å². The third-order valence-corrected chi connectivity index (χ3v) is 6.38. The molecule has 1 aliphatic carbocycles. The van der Waals surface area contributed by atoms with E-state index in [0.717, 1.165) is 61.7 Å². The first-order valence-electron chi connectivity index (χ1n) is 12.0. The van der Waals surface area contributed by atoms with E-state index >= 15 is 0 Å². The summed E-state index contributed by atoms with van der Waals surface area (Å²) in [5, 5.41) is 0.794. The summed E-state index contributed by atoms with van der Waals surface area (Å²) >= 11 is 5.54. The van der Waals surface area contributed by atoms with E-state index in [4.69, 9.17) is 17.3 Å². The van der Waals surface area contributed by atoms with E-state index in [1.165, 1.54) is 32.1 Å². The number of amides is 1. The SMILES string of the molecule is CCC(C)C1CCC(CN)CC1.CCCCN(CCC)C(C)=O.Clc1ccccc1. The van der Waals surface area contributed by atoms with Crippen molar-refractivity contribution >= 4 is 17.5 Å². The number of nitrogens with zero attached hydrogens (tertiary/aromatic N) is 1. The normalized spacial score (nSPS) is 18.9. The molecule has 2 N–H and O–H groups in total. The van der Waals surface area contributed by atoms with Crippen LogP contribution in [0.25, 0.3) is 0 Å². The molecule has 1 aliphatic rings. The van der Waals surface area contributed by atoms with Crippen molar-refractivity contribution in [2.75, 3.05) is 19.6 Å². The van der Waals surface area contributed by atoms with Crippen LogP contribution in [0.4, 0.5) is 0 Å². The lowest BCUT2D eigenvalue weighted by Crippen LogP contribution is -2.30. The first kappa shape index (κ1) is 28.9. The van der Waals surface area contributed by atoms with Gasteiger partial charge in [-0.25, -0.2) is 0 Å². The largest absolute Gasteiger partial charge is 0.343 e. The number of rotatable bonds is 8. The summed E-state index contributed by atoms with van der Waals surface area (Å²) in [4.78, 5) is 12.9. The second kappa shape index (κ2) is 18.7. The number of benzene rings is 1. The van der Waals surface area contributed by atoms with Crippen LogP contribution < -0.4 is 5.73 Å². The van der Waals surface area contributed by atoms with Crippen LogP contribution in [0.3, 0.4) is 0 Å². The van der Waals surface area contributed by atoms with Crippen LogP contribution in [0.5, 0.6) is 0 Å². The first-order chi connectivity index (χ1) is 14.4. The Labute approximate surface area is 191 Å². The van der Waals surface area contributed by atoms with Crippen LogP contribution in [0, 0.1) is 17.8 Å². The molecule has 174 valence electrons. The number of hydrogen-bond donors (Lipinski definition) is 1. The van der Waals surface area contributed by atoms with Gasteiger partial charge in [0.2, 0.25) is 5.91 Å². The summed E-state index contributed by atoms with van der Waals surface area (Å²) in [6, 6.07) is 9.44. The molecule has 1 amide bonds. The highest BCUT2D eigenvalue weighted by Gasteiger charge is 2.23. The molecule has 0 aliphatic heterocycles. The van der Waals surface area contributed by atoms with Crippen LogP contribution in [-0.4, -0.2) is 30.4 Å². The molecule has 1 saturated carbocycles. The van der Waals surface area contributed by atoms with Gasteiger partial charge < -0.3 is 10.6 Å². The van der Waals surface area contributed by atoms with Crippen molar-refractivity contribution in [2.24, 2.45) is 23.5 Å². The molecule has 0 heterocycles. The van der Waals surface area contributed by atoms with Crippen LogP contribution in [-0.2, 0) is 4.79 Å². The first-order valence-corrected chi connectivity index (χ1v) is 12.4. The number of carbonyl (C=O) groups is 1. The van der Waals surface area contributed by atoms with Crippen molar-refractivity contribution in [3.8, 4) is 0 Å². The van der Waals surface area contributed by atoms with E-state index in [9.17, 15) is 4.79 Å². The number of hydrogen-bond acceptors (Lipinski definition) is 2. The number of carbonyl (C=O) groups excluding carboxylic acids is 1. The molecule has 0 aromatic heterocycles. The fourth-order valence-corrected chi connectivity index (χ4v) is 3.93. The summed E-state index contributed by atoms with van der Waals surface area (Å²) < 4.78 is 0. The summed E-state index contributed by atoms with van der Waals surface area (Å²) in [6.07, 6.45) is 10.3. The fourth-order valence-electron chi connectivity index (χ4n) is 3.79. The zero-order valence-electron chi connectivity index (χ0n) is 20.2. The zero-order valence-corrected chi connectivity index (χ0v) is 21.0. The van der Waals surface area contributed by atoms with Gasteiger partial charge in [-0.3, -0.25) is 4.79 Å². The highest BCUT2D eigenvalue weighted by Crippen LogP contribution is 2.33. The van der Waals surface area contributed by atoms with Gasteiger partial charge in [0.15, 0.2) is 0 Å². The summed E-state index contributed by atoms with van der Waals surface area (Å²) in [7, 11) is 0. The van der Waals surface area contributed by atoms with Crippen molar-refractivity contribution in [1.29, 1.82) is 0 Å². The Balaban J connectivity index is 0.000000434. The topological polar surface area (TPSA) is 46.3 Å². The second-order valence-electron chi connectivity index (χ2n) is 8.56. The van der Waals surface area contributed by atoms with E-state index in [1.54, 1.807) is 6.92 Å². The van der Waals surface area contributed by atoms with Gasteiger partial charge in [0.05, 0.1) is 0 Å². The van der Waals surface area contributed by atoms with Crippen LogP contribution in [0.1, 0.15) is 86.0 Å². The highest BCUT2D eigenvalue weighted by atomic mass is 35.5. The third-order valence-electron chi connectivity index (χ3n) is 6.13. The Morgan fingerprint density at radius 1 is 1.07 bits per heavy atom. The Kier molecular flexibility index (Phi) is 18.0. The molecule has 3 nitrogen and oxygen atoms in total. The van der Waals surface area contributed by atoms with Gasteiger partial charge >= 0.3 is 0 Å². The van der Waals surface area contributed by atoms with Gasteiger partial charge in [-0.1, -0.05) is 70.3 Å². The third kappa shape index (κ3) is 14.0. The second-order valence-corrected chi connectivity index (χ2v) is 8.99. The van der Waals surface area contributed by atoms with Crippen LogP contribution in [0.2, 0.25) is 5.02 Å². The molecule has 0 spiro atoms. The smallest absolute Gasteiger partial charge is 0.219 e. The van der Waals surface area contributed by atoms with E-state index in [0.29, 0.717) is 0 Å². The van der Waals surface area contributed by atoms with Gasteiger partial charge in [0.25, 0.3) is 0 Å². The molecule has 0 saturated heterocycles. The van der Waals surface area contributed by atoms with E-state index in [-0.39, 0.29) is 5.91 Å². The summed E-state index contributed by atoms with van der Waals surface area (Å²) in [5.41, 5.74) is 5.66. The quantitative estimate of drug-likeness (QED) is 0.467. The van der Waals surface area contributed by atoms with E-state index in [1.807, 2.05) is 35.2 Å². The predicted octanol–water partition coefficient (Wildman–Crippen LogP) is 7.18. The minimum absolute atomic E-state index is 0.209. The lowest BCUT2D eigenvalue weighted by molar-refractivity contribution is -0.128. The Hall–Kier alpha value is -1.06. The van der Waals surface area contributed by atoms with Gasteiger partial charge in [0.1, 0.15) is 0 Å². The molecule has 1 atom stereocenters. The maximum absolute atomic E-state index is 11.0. The fraction of sp³-hybridized carbons (Fsp3) is 0.731. The molecule has 1 aromatic rings. The number of halogens is 1. The van der Waals surface area contributed by atoms with Gasteiger partial charge in [0, 0.05) is 25.0 Å². The van der Waals surface area contributed by atoms with Crippen molar-refractivity contribution < 1.29 is 4.79 Å². The lowest BCUT2D eigenvalue weighted by Gasteiger charge is -2.31. The summed E-state index contributed by atoms with van der Waals surface area (Å²) in [5.74, 6) is 2.98. The summed E-state index contributed by atoms with van der Waals surface area (Å²) in [6.45, 7) is 13.3. The van der Waals surface area contributed by atoms with Gasteiger partial charge in [-0.2, -0.15) is 0 Å². The average molecular weight is 439 g/mol. The van der Waals surface area contributed by atoms with E-state index in [2.05, 4.69) is 27.7 Å². The highest BCUT2D eigenvalue weighted by molar-refractivity contribution is 6.30. The molecule has 1 unspecified atom stereocenters. The molecule has 30 heavy (non-hydrogen) atoms. The molecule has 1 fully saturated rings. The Morgan fingerprint density at radius 3 is 2.03 bits per heavy atom. The van der Waals surface area contributed by atoms with E-state index < -0.39 is 0 Å². The van der Waals surface area contributed by atoms with Gasteiger partial charge in [-0.05, 0) is 75.0 Å². The molecule has 0 radical (unpaired) electrons. The van der Waals surface area contributed by atoms with Crippen molar-refractivity contribution in [3.05, 3.63) is 35.4 Å². The lowest BCUT2D eigenvalue weighted by atomic mass is 9.76. The number of unbranched alkanes of at least 4 members (excludes halogenated alkanes) is 1. The van der Waals surface area contributed by atoms with Crippen LogP contribution in [0.15, 0.2) is 30.3 Å². The standard InChI is InChI=1S/C11H23N.C9H19NO.C6H5Cl/c1-3-9(2)11-6-4-10(8-12)5-7-11;1-4-6-8-10(7-5-2)9(3)11;7-6-4-2-1-3-5-6/h9-11H,3-8,12H2,1-2H3;4-8H2,1-3H3;1-5H. The molecule has 4 heteroatoms. The predicted molar refractivity (Wildman–Crippen MR) is 133 cm³/mol. The number of nitrogens with two attached hydrogens (primary N) is 1.